The molecule has 0 spiro atoms. The van der Waals surface area contributed by atoms with E-state index in [4.69, 9.17) is 5.11 Å². The quantitative estimate of drug-likeness (QED) is 0.224. The normalized spacial score (nSPS) is 16.2. The van der Waals surface area contributed by atoms with Crippen molar-refractivity contribution < 1.29 is 32.6 Å². The van der Waals surface area contributed by atoms with Gasteiger partial charge in [-0.25, -0.2) is 22.4 Å². The van der Waals surface area contributed by atoms with Gasteiger partial charge >= 0.3 is 5.97 Å². The number of carboxylic acid groups (broad SMARTS) is 1. The zero-order valence-corrected chi connectivity index (χ0v) is 10.4. The highest BCUT2D eigenvalue weighted by molar-refractivity contribution is 6.14. The fourth-order valence-electron chi connectivity index (χ4n) is 1.51. The molecule has 4 nitrogen and oxygen atoms in total. The summed E-state index contributed by atoms with van der Waals surface area (Å²) in [6.45, 7) is 0. The maximum atomic E-state index is 13.5. The summed E-state index contributed by atoms with van der Waals surface area (Å²) in [5.74, 6) is -10.7. The van der Waals surface area contributed by atoms with Crippen LogP contribution in [0.5, 0.6) is 0 Å². The van der Waals surface area contributed by atoms with E-state index in [2.05, 4.69) is 4.99 Å². The van der Waals surface area contributed by atoms with Crippen molar-refractivity contribution in [1.29, 1.82) is 0 Å². The Kier molecular flexibility index (Phi) is 3.97. The van der Waals surface area contributed by atoms with Crippen molar-refractivity contribution in [2.45, 2.75) is 18.9 Å². The van der Waals surface area contributed by atoms with Crippen LogP contribution in [-0.2, 0) is 4.79 Å². The fourth-order valence-corrected chi connectivity index (χ4v) is 1.51. The van der Waals surface area contributed by atoms with Crippen LogP contribution in [0.4, 0.5) is 17.6 Å². The van der Waals surface area contributed by atoms with Crippen molar-refractivity contribution in [3.63, 3.8) is 0 Å². The predicted molar refractivity (Wildman–Crippen MR) is 65.0 cm³/mol. The Balaban J connectivity index is 2.55. The van der Waals surface area contributed by atoms with Gasteiger partial charge in [0.15, 0.2) is 23.3 Å². The van der Waals surface area contributed by atoms with Gasteiger partial charge in [-0.15, -0.1) is 0 Å². The number of rotatable bonds is 4. The van der Waals surface area contributed by atoms with Gasteiger partial charge in [0.2, 0.25) is 0 Å². The van der Waals surface area contributed by atoms with Crippen molar-refractivity contribution >= 4 is 17.9 Å². The average molecular weight is 303 g/mol. The van der Waals surface area contributed by atoms with Crippen LogP contribution in [0, 0.1) is 23.3 Å². The molecule has 0 unspecified atom stereocenters. The standard InChI is InChI=1S/C13H9F4NO3/c14-8-3-6(9(15)11(17)10(8)16)12(19)7(13(20)21)4-18-5-1-2-5/h3-5,19H,1-2H2,(H,20,21). The third-order valence-corrected chi connectivity index (χ3v) is 2.80. The largest absolute Gasteiger partial charge is 0.506 e. The van der Waals surface area contributed by atoms with Crippen LogP contribution in [0.15, 0.2) is 16.6 Å². The van der Waals surface area contributed by atoms with Gasteiger partial charge in [-0.05, 0) is 18.9 Å². The number of halogens is 4. The summed E-state index contributed by atoms with van der Waals surface area (Å²) in [6.07, 6.45) is 2.28. The molecule has 0 amide bonds. The molecule has 1 aromatic rings. The average Bonchev–Trinajstić information content (AvgIpc) is 3.24. The number of nitrogens with zero attached hydrogens (tertiary/aromatic N) is 1. The molecule has 0 aromatic heterocycles. The monoisotopic (exact) mass is 303 g/mol. The van der Waals surface area contributed by atoms with E-state index in [0.29, 0.717) is 0 Å². The van der Waals surface area contributed by atoms with Crippen molar-refractivity contribution in [2.24, 2.45) is 4.99 Å². The van der Waals surface area contributed by atoms with Gasteiger partial charge in [-0.3, -0.25) is 4.99 Å². The van der Waals surface area contributed by atoms with E-state index >= 15 is 0 Å². The summed E-state index contributed by atoms with van der Waals surface area (Å²) >= 11 is 0. The van der Waals surface area contributed by atoms with E-state index in [1.807, 2.05) is 0 Å². The Morgan fingerprint density at radius 3 is 2.29 bits per heavy atom. The first kappa shape index (κ1) is 15.0. The molecule has 0 bridgehead atoms. The fraction of sp³-hybridized carbons (Fsp3) is 0.231. The number of carboxylic acids is 1. The molecule has 1 saturated carbocycles. The Labute approximate surface area is 116 Å². The van der Waals surface area contributed by atoms with Crippen LogP contribution in [0.1, 0.15) is 18.4 Å². The van der Waals surface area contributed by atoms with Crippen molar-refractivity contribution in [2.75, 3.05) is 0 Å². The highest BCUT2D eigenvalue weighted by atomic mass is 19.2. The molecule has 8 heteroatoms. The third-order valence-electron chi connectivity index (χ3n) is 2.80. The highest BCUT2D eigenvalue weighted by Gasteiger charge is 2.25. The number of hydrogen-bond donors (Lipinski definition) is 2. The number of benzene rings is 1. The van der Waals surface area contributed by atoms with Gasteiger partial charge in [0.1, 0.15) is 11.3 Å². The molecule has 0 aliphatic heterocycles. The number of aliphatic hydroxyl groups excluding tert-OH is 1. The van der Waals surface area contributed by atoms with Crippen LogP contribution in [0.2, 0.25) is 0 Å². The highest BCUT2D eigenvalue weighted by Crippen LogP contribution is 2.26. The first-order valence-corrected chi connectivity index (χ1v) is 5.86. The van der Waals surface area contributed by atoms with E-state index in [9.17, 15) is 27.5 Å². The lowest BCUT2D eigenvalue weighted by atomic mass is 10.1. The summed E-state index contributed by atoms with van der Waals surface area (Å²) in [4.78, 5) is 14.8. The van der Waals surface area contributed by atoms with E-state index in [1.54, 1.807) is 0 Å². The number of aliphatic carboxylic acids is 1. The molecule has 1 fully saturated rings. The first-order chi connectivity index (χ1) is 9.82. The van der Waals surface area contributed by atoms with Gasteiger partial charge in [0, 0.05) is 6.21 Å². The molecule has 0 heterocycles. The second kappa shape index (κ2) is 5.55. The second-order valence-electron chi connectivity index (χ2n) is 4.42. The minimum atomic E-state index is -2.14. The van der Waals surface area contributed by atoms with Gasteiger partial charge in [-0.2, -0.15) is 0 Å². The van der Waals surface area contributed by atoms with Gasteiger partial charge in [-0.1, -0.05) is 0 Å². The smallest absolute Gasteiger partial charge is 0.341 e. The number of aliphatic hydroxyl groups is 1. The van der Waals surface area contributed by atoms with Crippen molar-refractivity contribution in [3.8, 4) is 0 Å². The maximum Gasteiger partial charge on any atom is 0.341 e. The lowest BCUT2D eigenvalue weighted by Gasteiger charge is -2.07. The minimum absolute atomic E-state index is 0.0845. The van der Waals surface area contributed by atoms with Gasteiger partial charge < -0.3 is 10.2 Å². The van der Waals surface area contributed by atoms with Crippen molar-refractivity contribution in [3.05, 3.63) is 40.5 Å². The molecule has 1 aromatic carbocycles. The van der Waals surface area contributed by atoms with Crippen LogP contribution in [-0.4, -0.2) is 28.4 Å². The van der Waals surface area contributed by atoms with Gasteiger partial charge in [0.05, 0.1) is 11.6 Å². The van der Waals surface area contributed by atoms with Crippen LogP contribution in [0.3, 0.4) is 0 Å². The summed E-state index contributed by atoms with van der Waals surface area (Å²) in [5.41, 5.74) is -1.93. The first-order valence-electron chi connectivity index (χ1n) is 5.86. The predicted octanol–water partition coefficient (Wildman–Crippen LogP) is 2.83. The van der Waals surface area contributed by atoms with E-state index in [0.717, 1.165) is 19.1 Å². The number of aliphatic imine (C=N–C) groups is 1. The Morgan fingerprint density at radius 1 is 1.14 bits per heavy atom. The molecular formula is C13H9F4NO3. The molecule has 1 aliphatic rings. The molecule has 1 aliphatic carbocycles. The number of carbonyl (C=O) groups is 1. The topological polar surface area (TPSA) is 69.9 Å². The molecule has 2 N–H and O–H groups in total. The van der Waals surface area contributed by atoms with Gasteiger partial charge in [0.25, 0.3) is 0 Å². The maximum absolute atomic E-state index is 13.5. The Bertz CT molecular complexity index is 666. The van der Waals surface area contributed by atoms with E-state index in [-0.39, 0.29) is 12.1 Å². The molecular weight excluding hydrogens is 294 g/mol. The van der Waals surface area contributed by atoms with E-state index < -0.39 is 46.1 Å². The molecule has 0 atom stereocenters. The molecule has 112 valence electrons. The molecule has 2 rings (SSSR count). The van der Waals surface area contributed by atoms with Crippen LogP contribution < -0.4 is 0 Å². The summed E-state index contributed by atoms with van der Waals surface area (Å²) in [7, 11) is 0. The Hall–Kier alpha value is -2.38. The Morgan fingerprint density at radius 2 is 1.76 bits per heavy atom. The number of hydrogen-bond acceptors (Lipinski definition) is 3. The summed E-state index contributed by atoms with van der Waals surface area (Å²) < 4.78 is 52.5. The molecule has 0 radical (unpaired) electrons. The lowest BCUT2D eigenvalue weighted by molar-refractivity contribution is -0.132. The van der Waals surface area contributed by atoms with Crippen molar-refractivity contribution in [1.82, 2.24) is 0 Å². The minimum Gasteiger partial charge on any atom is -0.506 e. The molecule has 0 saturated heterocycles. The van der Waals surface area contributed by atoms with Crippen LogP contribution >= 0.6 is 0 Å². The second-order valence-corrected chi connectivity index (χ2v) is 4.42. The van der Waals surface area contributed by atoms with E-state index in [1.165, 1.54) is 0 Å². The summed E-state index contributed by atoms with van der Waals surface area (Å²) in [6, 6.07) is 0.0930. The molecule has 21 heavy (non-hydrogen) atoms. The van der Waals surface area contributed by atoms with Crippen LogP contribution in [0.25, 0.3) is 5.76 Å². The SMILES string of the molecule is O=C(O)C(C=NC1CC1)=C(O)c1cc(F)c(F)c(F)c1F. The zero-order chi connectivity index (χ0) is 15.7. The zero-order valence-electron chi connectivity index (χ0n) is 10.4. The lowest BCUT2D eigenvalue weighted by Crippen LogP contribution is -2.09. The summed E-state index contributed by atoms with van der Waals surface area (Å²) in [5, 5.41) is 18.6. The third kappa shape index (κ3) is 3.04.